The van der Waals surface area contributed by atoms with Crippen molar-refractivity contribution in [2.24, 2.45) is 5.92 Å². The summed E-state index contributed by atoms with van der Waals surface area (Å²) in [5.41, 5.74) is 2.92. The highest BCUT2D eigenvalue weighted by atomic mass is 19.1. The van der Waals surface area contributed by atoms with Crippen molar-refractivity contribution in [2.45, 2.75) is 26.7 Å². The van der Waals surface area contributed by atoms with E-state index in [-0.39, 0.29) is 17.6 Å². The molecule has 0 radical (unpaired) electrons. The van der Waals surface area contributed by atoms with Gasteiger partial charge in [0.15, 0.2) is 5.82 Å². The first kappa shape index (κ1) is 20.1. The second-order valence-corrected chi connectivity index (χ2v) is 7.51. The van der Waals surface area contributed by atoms with Gasteiger partial charge in [-0.25, -0.2) is 14.4 Å². The van der Waals surface area contributed by atoms with Crippen LogP contribution < -0.4 is 15.0 Å². The van der Waals surface area contributed by atoms with Crippen molar-refractivity contribution >= 4 is 28.4 Å². The van der Waals surface area contributed by atoms with Gasteiger partial charge in [0.1, 0.15) is 5.82 Å². The molecule has 1 N–H and O–H groups in total. The molecule has 0 saturated carbocycles. The SMILES string of the molecule is CCOc1nc2ccccc2nc1N1CCC[C@@H](C(=O)Nc2ccc(F)cc2C)C1. The molecule has 2 aromatic carbocycles. The molecule has 6 nitrogen and oxygen atoms in total. The molecule has 1 saturated heterocycles. The smallest absolute Gasteiger partial charge is 0.258 e. The van der Waals surface area contributed by atoms with Gasteiger partial charge in [-0.1, -0.05) is 12.1 Å². The van der Waals surface area contributed by atoms with E-state index in [9.17, 15) is 9.18 Å². The number of amides is 1. The van der Waals surface area contributed by atoms with E-state index < -0.39 is 0 Å². The molecule has 1 amide bonds. The molecule has 3 aromatic rings. The summed E-state index contributed by atoms with van der Waals surface area (Å²) in [7, 11) is 0. The van der Waals surface area contributed by atoms with Gasteiger partial charge in [-0.2, -0.15) is 0 Å². The van der Waals surface area contributed by atoms with Gasteiger partial charge in [0, 0.05) is 18.8 Å². The van der Waals surface area contributed by atoms with Gasteiger partial charge < -0.3 is 15.0 Å². The lowest BCUT2D eigenvalue weighted by atomic mass is 9.97. The Labute approximate surface area is 175 Å². The van der Waals surface area contributed by atoms with Crippen LogP contribution in [0.3, 0.4) is 0 Å². The Morgan fingerprint density at radius 1 is 1.23 bits per heavy atom. The molecule has 1 aliphatic heterocycles. The zero-order valence-corrected chi connectivity index (χ0v) is 17.2. The number of halogens is 1. The number of carbonyl (C=O) groups excluding carboxylic acids is 1. The van der Waals surface area contributed by atoms with Gasteiger partial charge in [-0.15, -0.1) is 0 Å². The summed E-state index contributed by atoms with van der Waals surface area (Å²) in [6.07, 6.45) is 1.65. The molecule has 2 heterocycles. The van der Waals surface area contributed by atoms with Crippen molar-refractivity contribution in [3.8, 4) is 5.88 Å². The molecule has 0 aliphatic carbocycles. The number of rotatable bonds is 5. The van der Waals surface area contributed by atoms with E-state index in [0.29, 0.717) is 36.1 Å². The largest absolute Gasteiger partial charge is 0.475 e. The topological polar surface area (TPSA) is 67.4 Å². The van der Waals surface area contributed by atoms with Crippen LogP contribution in [0.15, 0.2) is 42.5 Å². The summed E-state index contributed by atoms with van der Waals surface area (Å²) in [6.45, 7) is 5.50. The Bertz CT molecular complexity index is 1070. The molecular formula is C23H25FN4O2. The third kappa shape index (κ3) is 4.20. The first-order chi connectivity index (χ1) is 14.5. The molecular weight excluding hydrogens is 383 g/mol. The predicted octanol–water partition coefficient (Wildman–Crippen LogP) is 4.33. The monoisotopic (exact) mass is 408 g/mol. The summed E-state index contributed by atoms with van der Waals surface area (Å²) in [5, 5.41) is 2.95. The van der Waals surface area contributed by atoms with Crippen molar-refractivity contribution < 1.29 is 13.9 Å². The molecule has 30 heavy (non-hydrogen) atoms. The van der Waals surface area contributed by atoms with Gasteiger partial charge in [0.25, 0.3) is 5.88 Å². The number of hydrogen-bond donors (Lipinski definition) is 1. The van der Waals surface area contributed by atoms with Crippen LogP contribution in [0.25, 0.3) is 11.0 Å². The maximum absolute atomic E-state index is 13.3. The number of benzene rings is 2. The summed E-state index contributed by atoms with van der Waals surface area (Å²) in [5.74, 6) is 0.581. The van der Waals surface area contributed by atoms with E-state index in [0.717, 1.165) is 30.4 Å². The maximum Gasteiger partial charge on any atom is 0.258 e. The third-order valence-electron chi connectivity index (χ3n) is 5.34. The minimum atomic E-state index is -0.312. The highest BCUT2D eigenvalue weighted by molar-refractivity contribution is 5.93. The Hall–Kier alpha value is -3.22. The number of aromatic nitrogens is 2. The van der Waals surface area contributed by atoms with Crippen LogP contribution in [0, 0.1) is 18.7 Å². The van der Waals surface area contributed by atoms with Gasteiger partial charge in [0.05, 0.1) is 23.6 Å². The quantitative estimate of drug-likeness (QED) is 0.681. The van der Waals surface area contributed by atoms with Crippen LogP contribution in [0.2, 0.25) is 0 Å². The van der Waals surface area contributed by atoms with E-state index in [2.05, 4.69) is 15.2 Å². The highest BCUT2D eigenvalue weighted by Crippen LogP contribution is 2.31. The number of para-hydroxylation sites is 2. The van der Waals surface area contributed by atoms with Gasteiger partial charge in [-0.3, -0.25) is 4.79 Å². The average Bonchev–Trinajstić information content (AvgIpc) is 2.75. The maximum atomic E-state index is 13.3. The van der Waals surface area contributed by atoms with Crippen LogP contribution >= 0.6 is 0 Å². The zero-order valence-electron chi connectivity index (χ0n) is 17.2. The lowest BCUT2D eigenvalue weighted by Gasteiger charge is -2.33. The van der Waals surface area contributed by atoms with Crippen molar-refractivity contribution in [3.63, 3.8) is 0 Å². The van der Waals surface area contributed by atoms with Crippen molar-refractivity contribution in [3.05, 3.63) is 53.8 Å². The molecule has 156 valence electrons. The van der Waals surface area contributed by atoms with Crippen LogP contribution in [0.1, 0.15) is 25.3 Å². The van der Waals surface area contributed by atoms with Gasteiger partial charge >= 0.3 is 0 Å². The standard InChI is InChI=1S/C23H25FN4O2/c1-3-30-23-21(25-19-8-4-5-9-20(19)27-23)28-12-6-7-16(14-28)22(29)26-18-11-10-17(24)13-15(18)2/h4-5,8-11,13,16H,3,6-7,12,14H2,1-2H3,(H,26,29)/t16-/m1/s1. The van der Waals surface area contributed by atoms with Gasteiger partial charge in [-0.05, 0) is 62.6 Å². The second-order valence-electron chi connectivity index (χ2n) is 7.51. The number of ether oxygens (including phenoxy) is 1. The van der Waals surface area contributed by atoms with E-state index in [1.165, 1.54) is 12.1 Å². The number of carbonyl (C=O) groups is 1. The molecule has 0 unspecified atom stereocenters. The first-order valence-electron chi connectivity index (χ1n) is 10.3. The van der Waals surface area contributed by atoms with Crippen LogP contribution in [-0.2, 0) is 4.79 Å². The number of hydrogen-bond acceptors (Lipinski definition) is 5. The van der Waals surface area contributed by atoms with Crippen molar-refractivity contribution in [2.75, 3.05) is 29.9 Å². The molecule has 1 aromatic heterocycles. The average molecular weight is 408 g/mol. The molecule has 1 aliphatic rings. The molecule has 0 spiro atoms. The number of fused-ring (bicyclic) bond motifs is 1. The number of aryl methyl sites for hydroxylation is 1. The molecule has 4 rings (SSSR count). The van der Waals surface area contributed by atoms with E-state index >= 15 is 0 Å². The van der Waals surface area contributed by atoms with Crippen molar-refractivity contribution in [1.29, 1.82) is 0 Å². The normalized spacial score (nSPS) is 16.5. The summed E-state index contributed by atoms with van der Waals surface area (Å²) >= 11 is 0. The second kappa shape index (κ2) is 8.65. The molecule has 1 atom stereocenters. The minimum Gasteiger partial charge on any atom is -0.475 e. The van der Waals surface area contributed by atoms with Gasteiger partial charge in [0.2, 0.25) is 5.91 Å². The molecule has 0 bridgehead atoms. The lowest BCUT2D eigenvalue weighted by Crippen LogP contribution is -2.41. The number of nitrogens with one attached hydrogen (secondary N) is 1. The Balaban J connectivity index is 1.56. The fourth-order valence-electron chi connectivity index (χ4n) is 3.80. The fraction of sp³-hybridized carbons (Fsp3) is 0.348. The summed E-state index contributed by atoms with van der Waals surface area (Å²) in [4.78, 5) is 24.4. The Morgan fingerprint density at radius 2 is 2.00 bits per heavy atom. The Kier molecular flexibility index (Phi) is 5.79. The lowest BCUT2D eigenvalue weighted by molar-refractivity contribution is -0.120. The van der Waals surface area contributed by atoms with Crippen LogP contribution in [-0.4, -0.2) is 35.6 Å². The summed E-state index contributed by atoms with van der Waals surface area (Å²) < 4.78 is 19.1. The third-order valence-corrected chi connectivity index (χ3v) is 5.34. The van der Waals surface area contributed by atoms with Crippen LogP contribution in [0.5, 0.6) is 5.88 Å². The zero-order chi connectivity index (χ0) is 21.1. The number of nitrogens with zero attached hydrogens (tertiary/aromatic N) is 3. The van der Waals surface area contributed by atoms with E-state index in [1.807, 2.05) is 31.2 Å². The van der Waals surface area contributed by atoms with E-state index in [4.69, 9.17) is 9.72 Å². The number of piperidine rings is 1. The van der Waals surface area contributed by atoms with E-state index in [1.54, 1.807) is 13.0 Å². The molecule has 7 heteroatoms. The minimum absolute atomic E-state index is 0.0684. The fourth-order valence-corrected chi connectivity index (χ4v) is 3.80. The Morgan fingerprint density at radius 3 is 2.73 bits per heavy atom. The molecule has 1 fully saturated rings. The predicted molar refractivity (Wildman–Crippen MR) is 115 cm³/mol. The van der Waals surface area contributed by atoms with Crippen molar-refractivity contribution in [1.82, 2.24) is 9.97 Å². The highest BCUT2D eigenvalue weighted by Gasteiger charge is 2.29. The summed E-state index contributed by atoms with van der Waals surface area (Å²) in [6, 6.07) is 12.1. The first-order valence-corrected chi connectivity index (χ1v) is 10.3. The number of anilines is 2. The van der Waals surface area contributed by atoms with Crippen LogP contribution in [0.4, 0.5) is 15.9 Å².